The van der Waals surface area contributed by atoms with Gasteiger partial charge in [-0.15, -0.1) is 0 Å². The van der Waals surface area contributed by atoms with Gasteiger partial charge in [0.05, 0.1) is 0 Å². The highest BCUT2D eigenvalue weighted by Crippen LogP contribution is 1.90. The Balaban J connectivity index is 2.69. The van der Waals surface area contributed by atoms with Crippen molar-refractivity contribution in [2.45, 2.75) is 19.3 Å². The van der Waals surface area contributed by atoms with E-state index in [0.29, 0.717) is 0 Å². The molecule has 0 aromatic rings. The average molecular weight is 160 g/mol. The maximum absolute atomic E-state index is 3.05. The Labute approximate surface area is 69.1 Å². The summed E-state index contributed by atoms with van der Waals surface area (Å²) in [4.78, 5) is 0. The van der Waals surface area contributed by atoms with Crippen molar-refractivity contribution in [3.63, 3.8) is 0 Å². The first-order valence-electron chi connectivity index (χ1n) is 4.21. The lowest BCUT2D eigenvalue weighted by atomic mass is 10.2. The van der Waals surface area contributed by atoms with Crippen LogP contribution in [0.25, 0.3) is 0 Å². The van der Waals surface area contributed by atoms with Crippen LogP contribution in [0.3, 0.4) is 0 Å². The number of rotatable bonds is 8. The Morgan fingerprint density at radius 3 is 1.55 bits per heavy atom. The molecule has 0 fully saturated rings. The van der Waals surface area contributed by atoms with Crippen molar-refractivity contribution >= 4 is 0 Å². The number of hydrazine groups is 2. The summed E-state index contributed by atoms with van der Waals surface area (Å²) in [6.07, 6.45) is 3.72. The first kappa shape index (κ1) is 10.8. The van der Waals surface area contributed by atoms with Crippen molar-refractivity contribution in [1.82, 2.24) is 21.7 Å². The summed E-state index contributed by atoms with van der Waals surface area (Å²) in [6, 6.07) is 0. The molecule has 0 saturated carbocycles. The topological polar surface area (TPSA) is 48.1 Å². The second-order valence-electron chi connectivity index (χ2n) is 2.41. The molecule has 0 aromatic carbocycles. The predicted molar refractivity (Wildman–Crippen MR) is 48.0 cm³/mol. The maximum Gasteiger partial charge on any atom is 0.00996 e. The molecule has 0 bridgehead atoms. The summed E-state index contributed by atoms with van der Waals surface area (Å²) >= 11 is 0. The Hall–Kier alpha value is -0.160. The molecule has 0 spiro atoms. The third kappa shape index (κ3) is 9.84. The largest absolute Gasteiger partial charge is 0.261 e. The van der Waals surface area contributed by atoms with E-state index in [1.165, 1.54) is 19.3 Å². The molecular weight excluding hydrogens is 140 g/mol. The number of hydrogen-bond donors (Lipinski definition) is 4. The minimum atomic E-state index is 1.05. The van der Waals surface area contributed by atoms with Gasteiger partial charge >= 0.3 is 0 Å². The molecule has 68 valence electrons. The molecule has 0 radical (unpaired) electrons. The van der Waals surface area contributed by atoms with E-state index in [9.17, 15) is 0 Å². The first-order valence-corrected chi connectivity index (χ1v) is 4.21. The van der Waals surface area contributed by atoms with Gasteiger partial charge in [-0.05, 0) is 26.9 Å². The van der Waals surface area contributed by atoms with Gasteiger partial charge in [0.1, 0.15) is 0 Å². The zero-order valence-corrected chi connectivity index (χ0v) is 7.54. The molecule has 4 nitrogen and oxygen atoms in total. The van der Waals surface area contributed by atoms with Crippen molar-refractivity contribution in [3.05, 3.63) is 0 Å². The van der Waals surface area contributed by atoms with Crippen LogP contribution in [-0.4, -0.2) is 27.2 Å². The molecule has 0 saturated heterocycles. The molecule has 0 aliphatic heterocycles. The van der Waals surface area contributed by atoms with Gasteiger partial charge in [0.2, 0.25) is 0 Å². The zero-order valence-electron chi connectivity index (χ0n) is 7.54. The molecule has 0 heterocycles. The first-order chi connectivity index (χ1) is 5.41. The molecule has 0 aliphatic rings. The maximum atomic E-state index is 3.05. The highest BCUT2D eigenvalue weighted by molar-refractivity contribution is 4.45. The van der Waals surface area contributed by atoms with Crippen LogP contribution in [0.4, 0.5) is 0 Å². The molecule has 0 aliphatic carbocycles. The Morgan fingerprint density at radius 2 is 1.18 bits per heavy atom. The van der Waals surface area contributed by atoms with Crippen LogP contribution in [0.2, 0.25) is 0 Å². The van der Waals surface area contributed by atoms with E-state index in [-0.39, 0.29) is 0 Å². The van der Waals surface area contributed by atoms with Gasteiger partial charge in [-0.3, -0.25) is 21.7 Å². The van der Waals surface area contributed by atoms with Crippen LogP contribution in [-0.2, 0) is 0 Å². The highest BCUT2D eigenvalue weighted by Gasteiger charge is 1.86. The van der Waals surface area contributed by atoms with Gasteiger partial charge in [-0.2, -0.15) is 0 Å². The number of unbranched alkanes of at least 4 members (excludes halogenated alkanes) is 2. The third-order valence-corrected chi connectivity index (χ3v) is 1.46. The Bertz CT molecular complexity index is 59.5. The van der Waals surface area contributed by atoms with Crippen molar-refractivity contribution in [2.75, 3.05) is 27.2 Å². The van der Waals surface area contributed by atoms with E-state index in [0.717, 1.165) is 13.1 Å². The lowest BCUT2D eigenvalue weighted by Gasteiger charge is -2.03. The Kier molecular flexibility index (Phi) is 9.70. The standard InChI is InChI=1S/C7H20N4/c1-8-10-6-4-3-5-7-11-9-2/h8-11H,3-7H2,1-2H3. The fourth-order valence-corrected chi connectivity index (χ4v) is 0.854. The monoisotopic (exact) mass is 160 g/mol. The lowest BCUT2D eigenvalue weighted by molar-refractivity contribution is 0.519. The van der Waals surface area contributed by atoms with Crippen LogP contribution in [0.5, 0.6) is 0 Å². The fraction of sp³-hybridized carbons (Fsp3) is 1.00. The quantitative estimate of drug-likeness (QED) is 0.288. The molecular formula is C7H20N4. The summed E-state index contributed by atoms with van der Waals surface area (Å²) in [7, 11) is 3.78. The molecule has 0 amide bonds. The van der Waals surface area contributed by atoms with E-state index in [1.54, 1.807) is 0 Å². The van der Waals surface area contributed by atoms with Crippen LogP contribution >= 0.6 is 0 Å². The SMILES string of the molecule is CNNCCCCCNNC. The lowest BCUT2D eigenvalue weighted by Crippen LogP contribution is -2.29. The Morgan fingerprint density at radius 1 is 0.727 bits per heavy atom. The van der Waals surface area contributed by atoms with Crippen molar-refractivity contribution in [3.8, 4) is 0 Å². The number of hydrogen-bond acceptors (Lipinski definition) is 4. The smallest absolute Gasteiger partial charge is 0.00996 e. The minimum absolute atomic E-state index is 1.05. The molecule has 11 heavy (non-hydrogen) atoms. The van der Waals surface area contributed by atoms with Gasteiger partial charge in [-0.1, -0.05) is 6.42 Å². The highest BCUT2D eigenvalue weighted by atomic mass is 15.3. The normalized spacial score (nSPS) is 10.4. The summed E-state index contributed by atoms with van der Waals surface area (Å²) in [5, 5.41) is 0. The summed E-state index contributed by atoms with van der Waals surface area (Å²) in [6.45, 7) is 2.10. The number of nitrogens with one attached hydrogen (secondary N) is 4. The second-order valence-corrected chi connectivity index (χ2v) is 2.41. The molecule has 0 rings (SSSR count). The molecule has 0 aromatic heterocycles. The van der Waals surface area contributed by atoms with Gasteiger partial charge in [-0.25, -0.2) is 0 Å². The van der Waals surface area contributed by atoms with Crippen molar-refractivity contribution in [2.24, 2.45) is 0 Å². The van der Waals surface area contributed by atoms with Gasteiger partial charge < -0.3 is 0 Å². The van der Waals surface area contributed by atoms with Crippen molar-refractivity contribution in [1.29, 1.82) is 0 Å². The van der Waals surface area contributed by atoms with E-state index in [1.807, 2.05) is 14.1 Å². The summed E-state index contributed by atoms with van der Waals surface area (Å²) < 4.78 is 0. The van der Waals surface area contributed by atoms with Crippen LogP contribution < -0.4 is 21.7 Å². The second kappa shape index (κ2) is 9.84. The van der Waals surface area contributed by atoms with Crippen LogP contribution in [0.1, 0.15) is 19.3 Å². The van der Waals surface area contributed by atoms with Crippen LogP contribution in [0.15, 0.2) is 0 Å². The summed E-state index contributed by atoms with van der Waals surface area (Å²) in [5.41, 5.74) is 11.9. The molecule has 0 atom stereocenters. The average Bonchev–Trinajstić information content (AvgIpc) is 2.03. The van der Waals surface area contributed by atoms with E-state index < -0.39 is 0 Å². The van der Waals surface area contributed by atoms with E-state index in [2.05, 4.69) is 21.7 Å². The van der Waals surface area contributed by atoms with Crippen molar-refractivity contribution < 1.29 is 0 Å². The minimum Gasteiger partial charge on any atom is -0.261 e. The summed E-state index contributed by atoms with van der Waals surface area (Å²) in [5.74, 6) is 0. The zero-order chi connectivity index (χ0) is 8.36. The van der Waals surface area contributed by atoms with E-state index in [4.69, 9.17) is 0 Å². The fourth-order valence-electron chi connectivity index (χ4n) is 0.854. The van der Waals surface area contributed by atoms with Gasteiger partial charge in [0.25, 0.3) is 0 Å². The molecule has 0 unspecified atom stereocenters. The third-order valence-electron chi connectivity index (χ3n) is 1.46. The van der Waals surface area contributed by atoms with Gasteiger partial charge in [0.15, 0.2) is 0 Å². The van der Waals surface area contributed by atoms with Crippen LogP contribution in [0, 0.1) is 0 Å². The van der Waals surface area contributed by atoms with E-state index >= 15 is 0 Å². The molecule has 4 heteroatoms. The predicted octanol–water partition coefficient (Wildman–Crippen LogP) is -0.395. The molecule has 4 N–H and O–H groups in total. The van der Waals surface area contributed by atoms with Gasteiger partial charge in [0, 0.05) is 13.1 Å².